The van der Waals surface area contributed by atoms with Crippen LogP contribution in [0.3, 0.4) is 0 Å². The average molecular weight is 321 g/mol. The van der Waals surface area contributed by atoms with Crippen molar-refractivity contribution in [2.75, 3.05) is 11.1 Å². The van der Waals surface area contributed by atoms with Gasteiger partial charge in [0.2, 0.25) is 0 Å². The molecule has 1 aliphatic rings. The molecule has 2 aromatic rings. The van der Waals surface area contributed by atoms with Gasteiger partial charge in [-0.25, -0.2) is 8.42 Å². The van der Waals surface area contributed by atoms with Gasteiger partial charge in [-0.3, -0.25) is 0 Å². The first-order chi connectivity index (χ1) is 10.1. The molecule has 1 aromatic carbocycles. The molecule has 0 aliphatic heterocycles. The topological polar surface area (TPSA) is 46.2 Å². The Bertz CT molecular complexity index is 709. The summed E-state index contributed by atoms with van der Waals surface area (Å²) in [6.07, 6.45) is 3.74. The fourth-order valence-electron chi connectivity index (χ4n) is 2.61. The first-order valence-electron chi connectivity index (χ1n) is 7.25. The van der Waals surface area contributed by atoms with E-state index in [1.165, 1.54) is 34.6 Å². The third kappa shape index (κ3) is 3.14. The van der Waals surface area contributed by atoms with Crippen LogP contribution in [0.4, 0.5) is 5.69 Å². The number of fused-ring (bicyclic) bond motifs is 1. The van der Waals surface area contributed by atoms with Crippen LogP contribution >= 0.6 is 11.3 Å². The molecular formula is C16H19NO2S2. The van der Waals surface area contributed by atoms with Gasteiger partial charge in [0.25, 0.3) is 0 Å². The zero-order valence-corrected chi connectivity index (χ0v) is 13.7. The monoisotopic (exact) mass is 321 g/mol. The van der Waals surface area contributed by atoms with E-state index < -0.39 is 9.84 Å². The molecule has 0 saturated carbocycles. The van der Waals surface area contributed by atoms with Crippen molar-refractivity contribution in [2.45, 2.75) is 37.6 Å². The van der Waals surface area contributed by atoms with Crippen LogP contribution in [0.2, 0.25) is 0 Å². The maximum absolute atomic E-state index is 11.8. The summed E-state index contributed by atoms with van der Waals surface area (Å²) in [5.74, 6) is 0.139. The molecule has 1 N–H and O–H groups in total. The predicted octanol–water partition coefficient (Wildman–Crippen LogP) is 3.64. The van der Waals surface area contributed by atoms with Crippen LogP contribution in [-0.2, 0) is 29.2 Å². The van der Waals surface area contributed by atoms with Crippen LogP contribution < -0.4 is 5.32 Å². The maximum Gasteiger partial charge on any atom is 0.178 e. The molecule has 1 heterocycles. The number of hydrogen-bond donors (Lipinski definition) is 1. The lowest BCUT2D eigenvalue weighted by molar-refractivity contribution is 0.597. The third-order valence-electron chi connectivity index (χ3n) is 3.86. The van der Waals surface area contributed by atoms with Crippen molar-refractivity contribution in [1.82, 2.24) is 0 Å². The number of hydrogen-bond acceptors (Lipinski definition) is 4. The quantitative estimate of drug-likeness (QED) is 0.914. The first kappa shape index (κ1) is 14.6. The number of anilines is 1. The highest BCUT2D eigenvalue weighted by Gasteiger charge is 2.14. The Morgan fingerprint density at radius 3 is 2.62 bits per heavy atom. The first-order valence-corrected chi connectivity index (χ1v) is 9.72. The molecule has 112 valence electrons. The van der Waals surface area contributed by atoms with Crippen molar-refractivity contribution in [1.29, 1.82) is 0 Å². The van der Waals surface area contributed by atoms with Gasteiger partial charge in [0.05, 0.1) is 10.6 Å². The summed E-state index contributed by atoms with van der Waals surface area (Å²) in [5.41, 5.74) is 2.47. The number of thiophene rings is 1. The summed E-state index contributed by atoms with van der Waals surface area (Å²) in [5, 5.41) is 3.36. The van der Waals surface area contributed by atoms with E-state index in [-0.39, 0.29) is 5.75 Å². The normalized spacial score (nSPS) is 14.1. The van der Waals surface area contributed by atoms with Crippen molar-refractivity contribution in [3.05, 3.63) is 45.6 Å². The largest absolute Gasteiger partial charge is 0.380 e. The van der Waals surface area contributed by atoms with Gasteiger partial charge in [0.15, 0.2) is 9.84 Å². The Balaban J connectivity index is 1.65. The number of sulfone groups is 1. The molecule has 5 heteroatoms. The van der Waals surface area contributed by atoms with Crippen molar-refractivity contribution in [3.63, 3.8) is 0 Å². The lowest BCUT2D eigenvalue weighted by Crippen LogP contribution is -2.04. The van der Waals surface area contributed by atoms with Gasteiger partial charge >= 0.3 is 0 Å². The predicted molar refractivity (Wildman–Crippen MR) is 87.8 cm³/mol. The van der Waals surface area contributed by atoms with Crippen molar-refractivity contribution >= 4 is 26.9 Å². The van der Waals surface area contributed by atoms with Gasteiger partial charge in [-0.1, -0.05) is 6.92 Å². The number of rotatable bonds is 5. The summed E-state index contributed by atoms with van der Waals surface area (Å²) in [4.78, 5) is 3.28. The van der Waals surface area contributed by atoms with E-state index in [9.17, 15) is 8.42 Å². The van der Waals surface area contributed by atoms with E-state index in [2.05, 4.69) is 11.4 Å². The minimum absolute atomic E-state index is 0.139. The molecule has 1 aromatic heterocycles. The number of nitrogens with one attached hydrogen (secondary N) is 1. The molecule has 0 bridgehead atoms. The zero-order valence-electron chi connectivity index (χ0n) is 12.1. The highest BCUT2D eigenvalue weighted by molar-refractivity contribution is 7.91. The van der Waals surface area contributed by atoms with Gasteiger partial charge < -0.3 is 5.32 Å². The molecule has 21 heavy (non-hydrogen) atoms. The Labute approximate surface area is 129 Å². The summed E-state index contributed by atoms with van der Waals surface area (Å²) in [6, 6.07) is 9.33. The molecule has 0 saturated heterocycles. The van der Waals surface area contributed by atoms with Crippen LogP contribution in [0.1, 0.15) is 28.7 Å². The number of aryl methyl sites for hydroxylation is 2. The minimum atomic E-state index is -3.11. The molecule has 3 nitrogen and oxygen atoms in total. The fraction of sp³-hybridized carbons (Fsp3) is 0.375. The highest BCUT2D eigenvalue weighted by Crippen LogP contribution is 2.31. The Hall–Kier alpha value is -1.33. The summed E-state index contributed by atoms with van der Waals surface area (Å²) < 4.78 is 23.5. The van der Waals surface area contributed by atoms with Crippen molar-refractivity contribution < 1.29 is 8.42 Å². The van der Waals surface area contributed by atoms with Gasteiger partial charge in [-0.2, -0.15) is 0 Å². The Kier molecular flexibility index (Phi) is 4.04. The van der Waals surface area contributed by atoms with Gasteiger partial charge in [0.1, 0.15) is 0 Å². The number of benzene rings is 1. The molecule has 3 rings (SSSR count). The minimum Gasteiger partial charge on any atom is -0.380 e. The van der Waals surface area contributed by atoms with Crippen LogP contribution in [0, 0.1) is 0 Å². The second-order valence-corrected chi connectivity index (χ2v) is 8.80. The van der Waals surface area contributed by atoms with E-state index in [1.54, 1.807) is 19.1 Å². The second kappa shape index (κ2) is 5.81. The van der Waals surface area contributed by atoms with E-state index in [4.69, 9.17) is 0 Å². The SMILES string of the molecule is CCS(=O)(=O)c1ccc(NCc2cc3c(s2)CCC3)cc1. The van der Waals surface area contributed by atoms with E-state index in [0.717, 1.165) is 12.2 Å². The lowest BCUT2D eigenvalue weighted by Gasteiger charge is -2.06. The molecular weight excluding hydrogens is 302 g/mol. The third-order valence-corrected chi connectivity index (χ3v) is 6.85. The van der Waals surface area contributed by atoms with Gasteiger partial charge in [0, 0.05) is 22.0 Å². The summed E-state index contributed by atoms with van der Waals surface area (Å²) >= 11 is 1.89. The second-order valence-electron chi connectivity index (χ2n) is 5.30. The molecule has 0 radical (unpaired) electrons. The molecule has 0 spiro atoms. The smallest absolute Gasteiger partial charge is 0.178 e. The standard InChI is InChI=1S/C16H19NO2S2/c1-2-21(18,19)15-8-6-13(7-9-15)17-11-14-10-12-4-3-5-16(12)20-14/h6-10,17H,2-5,11H2,1H3. The van der Waals surface area contributed by atoms with Crippen molar-refractivity contribution in [2.24, 2.45) is 0 Å². The van der Waals surface area contributed by atoms with E-state index in [1.807, 2.05) is 23.5 Å². The van der Waals surface area contributed by atoms with E-state index >= 15 is 0 Å². The molecule has 1 aliphatic carbocycles. The Morgan fingerprint density at radius 2 is 1.95 bits per heavy atom. The lowest BCUT2D eigenvalue weighted by atomic mass is 10.2. The van der Waals surface area contributed by atoms with Crippen LogP contribution in [0.5, 0.6) is 0 Å². The molecule has 0 fully saturated rings. The van der Waals surface area contributed by atoms with Gasteiger partial charge in [-0.05, 0) is 55.2 Å². The van der Waals surface area contributed by atoms with Gasteiger partial charge in [-0.15, -0.1) is 11.3 Å². The highest BCUT2D eigenvalue weighted by atomic mass is 32.2. The summed E-state index contributed by atoms with van der Waals surface area (Å²) in [6.45, 7) is 2.47. The Morgan fingerprint density at radius 1 is 1.19 bits per heavy atom. The van der Waals surface area contributed by atoms with E-state index in [0.29, 0.717) is 4.90 Å². The maximum atomic E-state index is 11.8. The van der Waals surface area contributed by atoms with Crippen LogP contribution in [0.15, 0.2) is 35.2 Å². The zero-order chi connectivity index (χ0) is 14.9. The average Bonchev–Trinajstić information content (AvgIpc) is 3.06. The van der Waals surface area contributed by atoms with Crippen LogP contribution in [-0.4, -0.2) is 14.2 Å². The molecule has 0 amide bonds. The summed E-state index contributed by atoms with van der Waals surface area (Å²) in [7, 11) is -3.11. The van der Waals surface area contributed by atoms with Crippen LogP contribution in [0.25, 0.3) is 0 Å². The molecule has 0 unspecified atom stereocenters. The van der Waals surface area contributed by atoms with Crippen molar-refractivity contribution in [3.8, 4) is 0 Å². The molecule has 0 atom stereocenters. The fourth-order valence-corrected chi connectivity index (χ4v) is 4.70.